The third kappa shape index (κ3) is 3.80. The minimum absolute atomic E-state index is 0.225. The molecule has 1 aromatic heterocycles. The number of nitrogens with zero attached hydrogens (tertiary/aromatic N) is 2. The second-order valence-corrected chi connectivity index (χ2v) is 5.77. The molecule has 3 rings (SSSR count). The number of amides is 2. The predicted molar refractivity (Wildman–Crippen MR) is 96.2 cm³/mol. The fourth-order valence-electron chi connectivity index (χ4n) is 2.79. The van der Waals surface area contributed by atoms with E-state index in [0.717, 1.165) is 17.5 Å². The SMILES string of the molecule is CC(=O)Nc1cc(C(N)=O)c2ncnc(CCc3ccccc3)c2c1. The largest absolute Gasteiger partial charge is 0.366 e. The van der Waals surface area contributed by atoms with E-state index in [1.165, 1.54) is 18.8 Å². The molecule has 0 aliphatic heterocycles. The van der Waals surface area contributed by atoms with Gasteiger partial charge in [-0.3, -0.25) is 9.59 Å². The predicted octanol–water partition coefficient (Wildman–Crippen LogP) is 2.47. The molecule has 0 aliphatic carbocycles. The van der Waals surface area contributed by atoms with Crippen LogP contribution in [-0.4, -0.2) is 21.8 Å². The van der Waals surface area contributed by atoms with Crippen molar-refractivity contribution in [1.82, 2.24) is 9.97 Å². The van der Waals surface area contributed by atoms with Crippen LogP contribution in [0.4, 0.5) is 5.69 Å². The van der Waals surface area contributed by atoms with E-state index in [0.29, 0.717) is 17.6 Å². The Morgan fingerprint density at radius 2 is 1.84 bits per heavy atom. The lowest BCUT2D eigenvalue weighted by molar-refractivity contribution is -0.114. The third-order valence-corrected chi connectivity index (χ3v) is 3.90. The average molecular weight is 334 g/mol. The first-order chi connectivity index (χ1) is 12.0. The Hall–Kier alpha value is -3.28. The van der Waals surface area contributed by atoms with Gasteiger partial charge in [0.1, 0.15) is 6.33 Å². The molecule has 0 atom stereocenters. The summed E-state index contributed by atoms with van der Waals surface area (Å²) in [5, 5.41) is 3.41. The first kappa shape index (κ1) is 16.6. The molecule has 1 heterocycles. The standard InChI is InChI=1S/C19H18N4O2/c1-12(24)23-14-9-15-17(8-7-13-5-3-2-4-6-13)21-11-22-18(15)16(10-14)19(20)25/h2-6,9-11H,7-8H2,1H3,(H2,20,25)(H,23,24). The van der Waals surface area contributed by atoms with Crippen LogP contribution in [0, 0.1) is 0 Å². The zero-order valence-corrected chi connectivity index (χ0v) is 13.8. The van der Waals surface area contributed by atoms with Crippen LogP contribution in [-0.2, 0) is 17.6 Å². The van der Waals surface area contributed by atoms with E-state index < -0.39 is 5.91 Å². The zero-order valence-electron chi connectivity index (χ0n) is 13.8. The maximum absolute atomic E-state index is 11.8. The van der Waals surface area contributed by atoms with Crippen LogP contribution >= 0.6 is 0 Å². The summed E-state index contributed by atoms with van der Waals surface area (Å²) in [6, 6.07) is 13.4. The van der Waals surface area contributed by atoms with E-state index in [-0.39, 0.29) is 11.5 Å². The molecular weight excluding hydrogens is 316 g/mol. The Balaban J connectivity index is 2.04. The second-order valence-electron chi connectivity index (χ2n) is 5.77. The molecule has 0 spiro atoms. The molecular formula is C19H18N4O2. The molecule has 0 unspecified atom stereocenters. The summed E-state index contributed by atoms with van der Waals surface area (Å²) in [6.45, 7) is 1.41. The van der Waals surface area contributed by atoms with Crippen LogP contribution in [0.5, 0.6) is 0 Å². The van der Waals surface area contributed by atoms with Crippen LogP contribution < -0.4 is 11.1 Å². The first-order valence-corrected chi connectivity index (χ1v) is 7.93. The van der Waals surface area contributed by atoms with Gasteiger partial charge in [-0.05, 0) is 30.5 Å². The van der Waals surface area contributed by atoms with Crippen molar-refractivity contribution in [2.75, 3.05) is 5.32 Å². The Kier molecular flexibility index (Phi) is 4.70. The van der Waals surface area contributed by atoms with Crippen LogP contribution in [0.15, 0.2) is 48.8 Å². The number of carbonyl (C=O) groups excluding carboxylic acids is 2. The maximum Gasteiger partial charge on any atom is 0.250 e. The molecule has 25 heavy (non-hydrogen) atoms. The molecule has 6 heteroatoms. The Morgan fingerprint density at radius 3 is 2.52 bits per heavy atom. The van der Waals surface area contributed by atoms with Gasteiger partial charge in [0.05, 0.1) is 16.8 Å². The number of aryl methyl sites for hydroxylation is 2. The molecule has 0 bridgehead atoms. The van der Waals surface area contributed by atoms with Gasteiger partial charge in [-0.15, -0.1) is 0 Å². The number of aromatic nitrogens is 2. The fourth-order valence-corrected chi connectivity index (χ4v) is 2.79. The van der Waals surface area contributed by atoms with Crippen molar-refractivity contribution < 1.29 is 9.59 Å². The summed E-state index contributed by atoms with van der Waals surface area (Å²) in [6.07, 6.45) is 2.93. The van der Waals surface area contributed by atoms with E-state index in [9.17, 15) is 9.59 Å². The topological polar surface area (TPSA) is 98.0 Å². The van der Waals surface area contributed by atoms with E-state index in [4.69, 9.17) is 5.73 Å². The quantitative estimate of drug-likeness (QED) is 0.749. The highest BCUT2D eigenvalue weighted by atomic mass is 16.1. The molecule has 3 aromatic rings. The summed E-state index contributed by atoms with van der Waals surface area (Å²) >= 11 is 0. The summed E-state index contributed by atoms with van der Waals surface area (Å²) in [5.74, 6) is -0.817. The smallest absolute Gasteiger partial charge is 0.250 e. The average Bonchev–Trinajstić information content (AvgIpc) is 2.59. The lowest BCUT2D eigenvalue weighted by atomic mass is 10.0. The molecule has 0 fully saturated rings. The van der Waals surface area contributed by atoms with Gasteiger partial charge >= 0.3 is 0 Å². The van der Waals surface area contributed by atoms with Crippen molar-refractivity contribution in [3.05, 3.63) is 65.6 Å². The van der Waals surface area contributed by atoms with Crippen molar-refractivity contribution in [3.8, 4) is 0 Å². The lowest BCUT2D eigenvalue weighted by Crippen LogP contribution is -2.14. The Morgan fingerprint density at radius 1 is 1.08 bits per heavy atom. The molecule has 6 nitrogen and oxygen atoms in total. The van der Waals surface area contributed by atoms with E-state index in [1.54, 1.807) is 12.1 Å². The number of rotatable bonds is 5. The van der Waals surface area contributed by atoms with Crippen molar-refractivity contribution in [3.63, 3.8) is 0 Å². The van der Waals surface area contributed by atoms with Crippen molar-refractivity contribution in [1.29, 1.82) is 0 Å². The molecule has 2 amide bonds. The van der Waals surface area contributed by atoms with Gasteiger partial charge in [0.15, 0.2) is 0 Å². The molecule has 0 radical (unpaired) electrons. The molecule has 2 aromatic carbocycles. The number of primary amides is 1. The normalized spacial score (nSPS) is 10.6. The number of anilines is 1. The van der Waals surface area contributed by atoms with E-state index >= 15 is 0 Å². The van der Waals surface area contributed by atoms with Crippen LogP contribution in [0.3, 0.4) is 0 Å². The fraction of sp³-hybridized carbons (Fsp3) is 0.158. The highest BCUT2D eigenvalue weighted by Gasteiger charge is 2.14. The Bertz CT molecular complexity index is 939. The number of hydrogen-bond acceptors (Lipinski definition) is 4. The van der Waals surface area contributed by atoms with Crippen LogP contribution in [0.2, 0.25) is 0 Å². The number of hydrogen-bond donors (Lipinski definition) is 2. The van der Waals surface area contributed by atoms with Gasteiger partial charge in [0, 0.05) is 18.0 Å². The molecule has 0 saturated heterocycles. The molecule has 126 valence electrons. The molecule has 0 aliphatic rings. The lowest BCUT2D eigenvalue weighted by Gasteiger charge is -2.11. The maximum atomic E-state index is 11.8. The molecule has 3 N–H and O–H groups in total. The second kappa shape index (κ2) is 7.09. The van der Waals surface area contributed by atoms with Crippen molar-refractivity contribution in [2.24, 2.45) is 5.73 Å². The highest BCUT2D eigenvalue weighted by molar-refractivity contribution is 6.07. The number of benzene rings is 2. The van der Waals surface area contributed by atoms with E-state index in [2.05, 4.69) is 27.4 Å². The summed E-state index contributed by atoms with van der Waals surface area (Å²) < 4.78 is 0. The van der Waals surface area contributed by atoms with Crippen LogP contribution in [0.1, 0.15) is 28.5 Å². The third-order valence-electron chi connectivity index (χ3n) is 3.90. The summed E-state index contributed by atoms with van der Waals surface area (Å²) in [5.41, 5.74) is 8.76. The van der Waals surface area contributed by atoms with Gasteiger partial charge in [-0.1, -0.05) is 30.3 Å². The number of nitrogens with one attached hydrogen (secondary N) is 1. The van der Waals surface area contributed by atoms with Crippen molar-refractivity contribution >= 4 is 28.4 Å². The van der Waals surface area contributed by atoms with Gasteiger partial charge in [0.25, 0.3) is 5.91 Å². The molecule has 0 saturated carbocycles. The monoisotopic (exact) mass is 334 g/mol. The van der Waals surface area contributed by atoms with Gasteiger partial charge < -0.3 is 11.1 Å². The van der Waals surface area contributed by atoms with E-state index in [1.807, 2.05) is 18.2 Å². The van der Waals surface area contributed by atoms with Crippen LogP contribution in [0.25, 0.3) is 10.9 Å². The highest BCUT2D eigenvalue weighted by Crippen LogP contribution is 2.25. The first-order valence-electron chi connectivity index (χ1n) is 7.93. The summed E-state index contributed by atoms with van der Waals surface area (Å²) in [7, 11) is 0. The van der Waals surface area contributed by atoms with Gasteiger partial charge in [-0.25, -0.2) is 9.97 Å². The minimum atomic E-state index is -0.593. The Labute approximate surface area is 145 Å². The van der Waals surface area contributed by atoms with Gasteiger partial charge in [-0.2, -0.15) is 0 Å². The van der Waals surface area contributed by atoms with Gasteiger partial charge in [0.2, 0.25) is 5.91 Å². The number of fused-ring (bicyclic) bond motifs is 1. The minimum Gasteiger partial charge on any atom is -0.366 e. The number of nitrogens with two attached hydrogens (primary N) is 1. The zero-order chi connectivity index (χ0) is 17.8. The van der Waals surface area contributed by atoms with Crippen molar-refractivity contribution in [2.45, 2.75) is 19.8 Å². The number of carbonyl (C=O) groups is 2. The summed E-state index contributed by atoms with van der Waals surface area (Å²) in [4.78, 5) is 31.7.